The topological polar surface area (TPSA) is 71.5 Å². The molecule has 2 aliphatic rings. The number of ether oxygens (including phenoxy) is 1. The maximum Gasteiger partial charge on any atom is 0.265 e. The van der Waals surface area contributed by atoms with Gasteiger partial charge in [-0.1, -0.05) is 24.3 Å². The molecule has 1 saturated heterocycles. The van der Waals surface area contributed by atoms with E-state index in [1.54, 1.807) is 11.1 Å². The van der Waals surface area contributed by atoms with Crippen LogP contribution in [-0.2, 0) is 11.2 Å². The predicted molar refractivity (Wildman–Crippen MR) is 112 cm³/mol. The first-order valence-corrected chi connectivity index (χ1v) is 10.1. The standard InChI is InChI=1S/C24H20FN3O3/c25-18-9-16(24(30)28-13-17(14-28)20-6-3-4-8-26-20)10-19(12-18)27-23(29)22-11-15-5-1-2-7-21(15)31-22/h1-10,12,17,22H,11,13-14H2,(H,27,29). The molecule has 1 atom stereocenters. The van der Waals surface area contributed by atoms with Gasteiger partial charge in [0.25, 0.3) is 11.8 Å². The maximum absolute atomic E-state index is 14.2. The van der Waals surface area contributed by atoms with E-state index in [-0.39, 0.29) is 29.0 Å². The second-order valence-corrected chi connectivity index (χ2v) is 7.80. The Morgan fingerprint density at radius 3 is 2.65 bits per heavy atom. The minimum Gasteiger partial charge on any atom is -0.480 e. The lowest BCUT2D eigenvalue weighted by molar-refractivity contribution is -0.122. The van der Waals surface area contributed by atoms with E-state index >= 15 is 0 Å². The van der Waals surface area contributed by atoms with Crippen LogP contribution in [-0.4, -0.2) is 40.9 Å². The third-order valence-electron chi connectivity index (χ3n) is 5.63. The van der Waals surface area contributed by atoms with Crippen molar-refractivity contribution in [1.29, 1.82) is 0 Å². The molecule has 1 N–H and O–H groups in total. The Morgan fingerprint density at radius 2 is 1.87 bits per heavy atom. The quantitative estimate of drug-likeness (QED) is 0.706. The molecule has 3 heterocycles. The van der Waals surface area contributed by atoms with Crippen molar-refractivity contribution in [2.45, 2.75) is 18.4 Å². The number of carbonyl (C=O) groups excluding carboxylic acids is 2. The van der Waals surface area contributed by atoms with Crippen LogP contribution in [0.25, 0.3) is 0 Å². The summed E-state index contributed by atoms with van der Waals surface area (Å²) in [6, 6.07) is 17.0. The molecule has 7 heteroatoms. The van der Waals surface area contributed by atoms with Gasteiger partial charge in [0.15, 0.2) is 6.10 Å². The van der Waals surface area contributed by atoms with Gasteiger partial charge in [0.2, 0.25) is 0 Å². The Bertz CT molecular complexity index is 1120. The summed E-state index contributed by atoms with van der Waals surface area (Å²) in [5.41, 5.74) is 2.33. The number of aromatic nitrogens is 1. The van der Waals surface area contributed by atoms with Crippen molar-refractivity contribution in [3.8, 4) is 5.75 Å². The van der Waals surface area contributed by atoms with E-state index in [2.05, 4.69) is 10.3 Å². The number of amides is 2. The van der Waals surface area contributed by atoms with Crippen LogP contribution in [0.1, 0.15) is 27.5 Å². The summed E-state index contributed by atoms with van der Waals surface area (Å²) in [5, 5.41) is 2.68. The molecule has 5 rings (SSSR count). The van der Waals surface area contributed by atoms with Gasteiger partial charge in [-0.3, -0.25) is 14.6 Å². The third-order valence-corrected chi connectivity index (χ3v) is 5.63. The Kier molecular flexibility index (Phi) is 4.86. The molecule has 3 aromatic rings. The molecule has 156 valence electrons. The number of anilines is 1. The second-order valence-electron chi connectivity index (χ2n) is 7.80. The molecule has 0 spiro atoms. The van der Waals surface area contributed by atoms with Gasteiger partial charge in [0, 0.05) is 48.6 Å². The first-order valence-electron chi connectivity index (χ1n) is 10.1. The van der Waals surface area contributed by atoms with Crippen LogP contribution in [0.2, 0.25) is 0 Å². The zero-order valence-corrected chi connectivity index (χ0v) is 16.6. The van der Waals surface area contributed by atoms with Gasteiger partial charge in [-0.25, -0.2) is 4.39 Å². The highest BCUT2D eigenvalue weighted by Crippen LogP contribution is 2.30. The number of halogens is 1. The van der Waals surface area contributed by atoms with Crippen LogP contribution >= 0.6 is 0 Å². The van der Waals surface area contributed by atoms with Crippen molar-refractivity contribution < 1.29 is 18.7 Å². The molecule has 2 amide bonds. The summed E-state index contributed by atoms with van der Waals surface area (Å²) in [6.07, 6.45) is 1.49. The van der Waals surface area contributed by atoms with Crippen molar-refractivity contribution in [1.82, 2.24) is 9.88 Å². The molecule has 0 radical (unpaired) electrons. The SMILES string of the molecule is O=C(Nc1cc(F)cc(C(=O)N2CC(c3ccccn3)C2)c1)C1Cc2ccccc2O1. The number of rotatable bonds is 4. The molecule has 6 nitrogen and oxygen atoms in total. The molecule has 0 bridgehead atoms. The molecule has 1 aromatic heterocycles. The highest BCUT2D eigenvalue weighted by molar-refractivity contribution is 5.99. The normalized spacial score (nSPS) is 17.5. The molecular formula is C24H20FN3O3. The Balaban J connectivity index is 1.24. The van der Waals surface area contributed by atoms with Crippen LogP contribution < -0.4 is 10.1 Å². The van der Waals surface area contributed by atoms with Gasteiger partial charge in [-0.2, -0.15) is 0 Å². The second kappa shape index (κ2) is 7.83. The molecule has 31 heavy (non-hydrogen) atoms. The fourth-order valence-electron chi connectivity index (χ4n) is 3.97. The monoisotopic (exact) mass is 417 g/mol. The minimum atomic E-state index is -0.686. The van der Waals surface area contributed by atoms with Gasteiger partial charge in [0.05, 0.1) is 0 Å². The fraction of sp³-hybridized carbons (Fsp3) is 0.208. The van der Waals surface area contributed by atoms with Crippen molar-refractivity contribution in [2.75, 3.05) is 18.4 Å². The number of benzene rings is 2. The van der Waals surface area contributed by atoms with Crippen LogP contribution in [0.4, 0.5) is 10.1 Å². The molecule has 1 fully saturated rings. The minimum absolute atomic E-state index is 0.180. The number of carbonyl (C=O) groups is 2. The lowest BCUT2D eigenvalue weighted by Gasteiger charge is -2.39. The van der Waals surface area contributed by atoms with Crippen LogP contribution in [0.5, 0.6) is 5.75 Å². The maximum atomic E-state index is 14.2. The van der Waals surface area contributed by atoms with Crippen molar-refractivity contribution in [3.05, 3.63) is 89.5 Å². The van der Waals surface area contributed by atoms with E-state index in [0.29, 0.717) is 25.3 Å². The average Bonchev–Trinajstić information content (AvgIpc) is 3.17. The number of nitrogens with zero attached hydrogens (tertiary/aromatic N) is 2. The van der Waals surface area contributed by atoms with E-state index in [1.807, 2.05) is 42.5 Å². The summed E-state index contributed by atoms with van der Waals surface area (Å²) in [7, 11) is 0. The predicted octanol–water partition coefficient (Wildman–Crippen LogP) is 3.40. The lowest BCUT2D eigenvalue weighted by atomic mass is 9.94. The molecule has 2 aromatic carbocycles. The number of likely N-dealkylation sites (tertiary alicyclic amines) is 1. The number of hydrogen-bond acceptors (Lipinski definition) is 4. The first-order chi connectivity index (χ1) is 15.1. The van der Waals surface area contributed by atoms with E-state index < -0.39 is 11.9 Å². The number of nitrogens with one attached hydrogen (secondary N) is 1. The molecule has 0 saturated carbocycles. The van der Waals surface area contributed by atoms with Gasteiger partial charge >= 0.3 is 0 Å². The third kappa shape index (κ3) is 3.86. The summed E-state index contributed by atoms with van der Waals surface area (Å²) in [6.45, 7) is 1.06. The zero-order valence-electron chi connectivity index (χ0n) is 16.6. The molecule has 1 unspecified atom stereocenters. The number of pyridine rings is 1. The highest BCUT2D eigenvalue weighted by atomic mass is 19.1. The van der Waals surface area contributed by atoms with E-state index in [1.165, 1.54) is 18.2 Å². The summed E-state index contributed by atoms with van der Waals surface area (Å²) in [5.74, 6) is -0.373. The lowest BCUT2D eigenvalue weighted by Crippen LogP contribution is -2.48. The Morgan fingerprint density at radius 1 is 1.06 bits per heavy atom. The van der Waals surface area contributed by atoms with Gasteiger partial charge in [-0.15, -0.1) is 0 Å². The summed E-state index contributed by atoms with van der Waals surface area (Å²) < 4.78 is 19.9. The van der Waals surface area contributed by atoms with E-state index in [4.69, 9.17) is 4.74 Å². The number of para-hydroxylation sites is 1. The van der Waals surface area contributed by atoms with Crippen LogP contribution in [0.15, 0.2) is 66.9 Å². The highest BCUT2D eigenvalue weighted by Gasteiger charge is 2.33. The fourth-order valence-corrected chi connectivity index (χ4v) is 3.97. The largest absolute Gasteiger partial charge is 0.480 e. The molecular weight excluding hydrogens is 397 g/mol. The van der Waals surface area contributed by atoms with Crippen LogP contribution in [0, 0.1) is 5.82 Å². The first kappa shape index (κ1) is 19.2. The smallest absolute Gasteiger partial charge is 0.265 e. The Hall–Kier alpha value is -3.74. The van der Waals surface area contributed by atoms with Gasteiger partial charge in [-0.05, 0) is 42.0 Å². The zero-order chi connectivity index (χ0) is 21.4. The van der Waals surface area contributed by atoms with E-state index in [9.17, 15) is 14.0 Å². The Labute approximate surface area is 178 Å². The van der Waals surface area contributed by atoms with Crippen molar-refractivity contribution in [2.24, 2.45) is 0 Å². The number of hydrogen-bond donors (Lipinski definition) is 1. The summed E-state index contributed by atoms with van der Waals surface area (Å²) >= 11 is 0. The number of fused-ring (bicyclic) bond motifs is 1. The molecule has 0 aliphatic carbocycles. The van der Waals surface area contributed by atoms with Gasteiger partial charge < -0.3 is 15.0 Å². The average molecular weight is 417 g/mol. The van der Waals surface area contributed by atoms with Crippen molar-refractivity contribution >= 4 is 17.5 Å². The van der Waals surface area contributed by atoms with Crippen LogP contribution in [0.3, 0.4) is 0 Å². The van der Waals surface area contributed by atoms with Crippen molar-refractivity contribution in [3.63, 3.8) is 0 Å². The van der Waals surface area contributed by atoms with Gasteiger partial charge in [0.1, 0.15) is 11.6 Å². The summed E-state index contributed by atoms with van der Waals surface area (Å²) in [4.78, 5) is 31.4. The molecule has 2 aliphatic heterocycles. The van der Waals surface area contributed by atoms with E-state index in [0.717, 1.165) is 11.3 Å².